The summed E-state index contributed by atoms with van der Waals surface area (Å²) >= 11 is 0. The second kappa shape index (κ2) is 10.3. The lowest BCUT2D eigenvalue weighted by Gasteiger charge is -2.36. The number of para-hydroxylation sites is 1. The molecule has 0 radical (unpaired) electrons. The highest BCUT2D eigenvalue weighted by Gasteiger charge is 2.41. The van der Waals surface area contributed by atoms with Crippen LogP contribution in [0.5, 0.6) is 17.2 Å². The monoisotopic (exact) mass is 507 g/mol. The molecule has 0 aliphatic heterocycles. The molecule has 38 heavy (non-hydrogen) atoms. The van der Waals surface area contributed by atoms with Gasteiger partial charge in [-0.25, -0.2) is 0 Å². The number of fused-ring (bicyclic) bond motifs is 1. The van der Waals surface area contributed by atoms with Gasteiger partial charge in [0.1, 0.15) is 0 Å². The number of nitrogens with one attached hydrogen (secondary N) is 1. The summed E-state index contributed by atoms with van der Waals surface area (Å²) in [6.45, 7) is 3.70. The Morgan fingerprint density at radius 3 is 2.26 bits per heavy atom. The number of carbonyl (C=O) groups excluding carboxylic acids is 1. The Kier molecular flexibility index (Phi) is 6.75. The summed E-state index contributed by atoms with van der Waals surface area (Å²) in [4.78, 5) is 13.0. The molecule has 0 spiro atoms. The van der Waals surface area contributed by atoms with Crippen LogP contribution in [0.1, 0.15) is 27.2 Å². The normalized spacial score (nSPS) is 15.9. The minimum Gasteiger partial charge on any atom is -0.493 e. The van der Waals surface area contributed by atoms with Crippen molar-refractivity contribution in [1.82, 2.24) is 9.78 Å². The Morgan fingerprint density at radius 2 is 1.63 bits per heavy atom. The lowest BCUT2D eigenvalue weighted by Crippen LogP contribution is -2.33. The number of ether oxygens (including phenoxy) is 3. The van der Waals surface area contributed by atoms with Crippen LogP contribution in [0.25, 0.3) is 6.08 Å². The van der Waals surface area contributed by atoms with Crippen LogP contribution >= 0.6 is 0 Å². The quantitative estimate of drug-likeness (QED) is 0.293. The van der Waals surface area contributed by atoms with Crippen molar-refractivity contribution >= 4 is 23.5 Å². The van der Waals surface area contributed by atoms with Crippen molar-refractivity contribution in [3.05, 3.63) is 114 Å². The molecule has 1 atom stereocenters. The molecule has 3 aromatic carbocycles. The van der Waals surface area contributed by atoms with Gasteiger partial charge in [0.05, 0.1) is 27.0 Å². The zero-order valence-electron chi connectivity index (χ0n) is 21.6. The van der Waals surface area contributed by atoms with Gasteiger partial charge in [-0.05, 0) is 29.8 Å². The minimum atomic E-state index is -0.692. The number of carbonyl (C=O) groups is 1. The van der Waals surface area contributed by atoms with Gasteiger partial charge in [0.25, 0.3) is 5.91 Å². The molecule has 1 unspecified atom stereocenters. The van der Waals surface area contributed by atoms with Crippen molar-refractivity contribution in [3.63, 3.8) is 0 Å². The first-order chi connectivity index (χ1) is 18.6. The van der Waals surface area contributed by atoms with Crippen molar-refractivity contribution in [2.45, 2.75) is 11.8 Å². The molecule has 1 aliphatic carbocycles. The average Bonchev–Trinajstić information content (AvgIpc) is 3.33. The van der Waals surface area contributed by atoms with Crippen molar-refractivity contribution < 1.29 is 19.0 Å². The van der Waals surface area contributed by atoms with Crippen LogP contribution in [-0.2, 0) is 11.8 Å². The highest BCUT2D eigenvalue weighted by Crippen LogP contribution is 2.51. The minimum absolute atomic E-state index is 0.307. The first-order valence-electron chi connectivity index (χ1n) is 12.2. The maximum atomic E-state index is 13.0. The summed E-state index contributed by atoms with van der Waals surface area (Å²) in [5.41, 5.74) is 3.70. The number of rotatable bonds is 8. The SMILES string of the molecule is C=CC(=O)n1nc(Nc2ccccc2)c2c1CC(c1ccccc1)(c1ccc(OC)c(OC)c1OC)C=C2. The van der Waals surface area contributed by atoms with E-state index in [9.17, 15) is 4.79 Å². The molecule has 0 saturated carbocycles. The van der Waals surface area contributed by atoms with E-state index in [2.05, 4.69) is 35.2 Å². The fraction of sp³-hybridized carbons (Fsp3) is 0.161. The lowest BCUT2D eigenvalue weighted by molar-refractivity contribution is 0.0950. The molecule has 7 heteroatoms. The van der Waals surface area contributed by atoms with Gasteiger partial charge in [0, 0.05) is 28.7 Å². The Bertz CT molecular complexity index is 1510. The van der Waals surface area contributed by atoms with E-state index in [0.717, 1.165) is 28.1 Å². The van der Waals surface area contributed by atoms with Crippen LogP contribution < -0.4 is 19.5 Å². The molecule has 1 N–H and O–H groups in total. The predicted octanol–water partition coefficient (Wildman–Crippen LogP) is 6.03. The fourth-order valence-corrected chi connectivity index (χ4v) is 5.11. The summed E-state index contributed by atoms with van der Waals surface area (Å²) in [6.07, 6.45) is 5.89. The second-order valence-corrected chi connectivity index (χ2v) is 8.88. The van der Waals surface area contributed by atoms with Gasteiger partial charge in [-0.15, -0.1) is 5.10 Å². The molecule has 0 bridgehead atoms. The van der Waals surface area contributed by atoms with Gasteiger partial charge in [-0.1, -0.05) is 73.3 Å². The smallest absolute Gasteiger partial charge is 0.270 e. The summed E-state index contributed by atoms with van der Waals surface area (Å²) < 4.78 is 18.6. The molecule has 7 nitrogen and oxygen atoms in total. The van der Waals surface area contributed by atoms with E-state index < -0.39 is 5.41 Å². The maximum Gasteiger partial charge on any atom is 0.270 e. The molecule has 1 aliphatic rings. The Balaban J connectivity index is 1.74. The third-order valence-electron chi connectivity index (χ3n) is 6.90. The first-order valence-corrected chi connectivity index (χ1v) is 12.2. The Hall–Kier alpha value is -4.78. The third-order valence-corrected chi connectivity index (χ3v) is 6.90. The van der Waals surface area contributed by atoms with E-state index in [1.54, 1.807) is 21.3 Å². The Morgan fingerprint density at radius 1 is 0.947 bits per heavy atom. The van der Waals surface area contributed by atoms with Crippen molar-refractivity contribution in [2.75, 3.05) is 26.6 Å². The van der Waals surface area contributed by atoms with Crippen molar-refractivity contribution in [2.24, 2.45) is 0 Å². The van der Waals surface area contributed by atoms with E-state index in [4.69, 9.17) is 14.2 Å². The zero-order valence-corrected chi connectivity index (χ0v) is 21.6. The van der Waals surface area contributed by atoms with Gasteiger partial charge in [0.15, 0.2) is 17.3 Å². The first kappa shape index (κ1) is 24.9. The molecule has 1 aromatic heterocycles. The van der Waals surface area contributed by atoms with Gasteiger partial charge in [-0.2, -0.15) is 4.68 Å². The molecule has 4 aromatic rings. The molecule has 1 heterocycles. The number of anilines is 2. The summed E-state index contributed by atoms with van der Waals surface area (Å²) in [7, 11) is 4.80. The highest BCUT2D eigenvalue weighted by molar-refractivity contribution is 5.91. The maximum absolute atomic E-state index is 13.0. The number of hydrogen-bond donors (Lipinski definition) is 1. The standard InChI is InChI=1S/C31H29N3O4/c1-5-27(35)34-25-20-31(21-12-8-6-9-13-21,24-16-17-26(36-2)29(38-4)28(24)37-3)19-18-23(25)30(33-34)32-22-14-10-7-11-15-22/h5-19H,1,20H2,2-4H3,(H,32,33). The largest absolute Gasteiger partial charge is 0.493 e. The van der Waals surface area contributed by atoms with Crippen LogP contribution in [0.4, 0.5) is 11.5 Å². The predicted molar refractivity (Wildman–Crippen MR) is 149 cm³/mol. The zero-order chi connectivity index (χ0) is 26.7. The van der Waals surface area contributed by atoms with Crippen LogP contribution in [0, 0.1) is 0 Å². The van der Waals surface area contributed by atoms with E-state index in [0.29, 0.717) is 29.5 Å². The average molecular weight is 508 g/mol. The summed E-state index contributed by atoms with van der Waals surface area (Å²) in [6, 6.07) is 23.7. The fourth-order valence-electron chi connectivity index (χ4n) is 5.11. The van der Waals surface area contributed by atoms with E-state index in [-0.39, 0.29) is 5.91 Å². The van der Waals surface area contributed by atoms with Crippen LogP contribution in [0.3, 0.4) is 0 Å². The molecular weight excluding hydrogens is 478 g/mol. The van der Waals surface area contributed by atoms with Gasteiger partial charge in [0.2, 0.25) is 5.75 Å². The summed E-state index contributed by atoms with van der Waals surface area (Å²) in [5, 5.41) is 8.04. The van der Waals surface area contributed by atoms with Crippen LogP contribution in [0.15, 0.2) is 91.5 Å². The molecule has 192 valence electrons. The van der Waals surface area contributed by atoms with Gasteiger partial charge >= 0.3 is 0 Å². The number of methoxy groups -OCH3 is 3. The third kappa shape index (κ3) is 4.12. The number of nitrogens with zero attached hydrogens (tertiary/aromatic N) is 2. The van der Waals surface area contributed by atoms with Gasteiger partial charge in [-0.3, -0.25) is 4.79 Å². The number of hydrogen-bond acceptors (Lipinski definition) is 6. The molecular formula is C31H29N3O4. The van der Waals surface area contributed by atoms with E-state index in [1.165, 1.54) is 10.8 Å². The summed E-state index contributed by atoms with van der Waals surface area (Å²) in [5.74, 6) is 1.92. The molecule has 5 rings (SSSR count). The van der Waals surface area contributed by atoms with E-state index >= 15 is 0 Å². The van der Waals surface area contributed by atoms with Crippen LogP contribution in [0.2, 0.25) is 0 Å². The van der Waals surface area contributed by atoms with Gasteiger partial charge < -0.3 is 19.5 Å². The number of aromatic nitrogens is 2. The number of allylic oxidation sites excluding steroid dienone is 2. The highest BCUT2D eigenvalue weighted by atomic mass is 16.5. The van der Waals surface area contributed by atoms with Crippen molar-refractivity contribution in [3.8, 4) is 17.2 Å². The number of benzene rings is 3. The molecule has 0 amide bonds. The Labute approximate surface area is 222 Å². The van der Waals surface area contributed by atoms with E-state index in [1.807, 2.05) is 66.7 Å². The lowest BCUT2D eigenvalue weighted by atomic mass is 9.68. The topological polar surface area (TPSA) is 74.6 Å². The molecule has 0 saturated heterocycles. The second-order valence-electron chi connectivity index (χ2n) is 8.88. The van der Waals surface area contributed by atoms with Crippen LogP contribution in [-0.4, -0.2) is 37.0 Å². The molecule has 0 fully saturated rings. The van der Waals surface area contributed by atoms with Crippen molar-refractivity contribution in [1.29, 1.82) is 0 Å².